The number of methoxy groups -OCH3 is 4. The molecule has 0 radical (unpaired) electrons. The number of ether oxygens (including phenoxy) is 4. The van der Waals surface area contributed by atoms with Crippen LogP contribution in [0.5, 0.6) is 23.0 Å². The lowest BCUT2D eigenvalue weighted by Gasteiger charge is -2.37. The molecule has 1 aliphatic carbocycles. The summed E-state index contributed by atoms with van der Waals surface area (Å²) in [4.78, 5) is 27.0. The predicted octanol–water partition coefficient (Wildman–Crippen LogP) is 3.75. The monoisotopic (exact) mass is 504 g/mol. The molecule has 3 aromatic rings. The maximum Gasteiger partial charge on any atom is 0.225 e. The summed E-state index contributed by atoms with van der Waals surface area (Å²) in [6.45, 7) is 3.21. The molecule has 2 heterocycles. The predicted molar refractivity (Wildman–Crippen MR) is 141 cm³/mol. The average molecular weight is 505 g/mol. The van der Waals surface area contributed by atoms with Gasteiger partial charge in [0.15, 0.2) is 17.3 Å². The molecule has 9 nitrogen and oxygen atoms in total. The van der Waals surface area contributed by atoms with Gasteiger partial charge in [-0.2, -0.15) is 0 Å². The van der Waals surface area contributed by atoms with Crippen molar-refractivity contribution in [3.8, 4) is 23.0 Å². The molecular weight excluding hydrogens is 472 g/mol. The van der Waals surface area contributed by atoms with E-state index in [0.717, 1.165) is 48.9 Å². The Kier molecular flexibility index (Phi) is 7.03. The number of fused-ring (bicyclic) bond motifs is 1. The normalized spacial score (nSPS) is 17.3. The molecule has 1 aliphatic heterocycles. The fourth-order valence-corrected chi connectivity index (χ4v) is 5.20. The minimum Gasteiger partial charge on any atom is -0.495 e. The quantitative estimate of drug-likeness (QED) is 0.477. The van der Waals surface area contributed by atoms with E-state index in [1.54, 1.807) is 34.6 Å². The van der Waals surface area contributed by atoms with E-state index in [0.29, 0.717) is 41.6 Å². The Balaban J connectivity index is 1.35. The molecule has 0 bridgehead atoms. The molecule has 0 N–H and O–H groups in total. The highest BCUT2D eigenvalue weighted by atomic mass is 16.5. The summed E-state index contributed by atoms with van der Waals surface area (Å²) in [5.74, 6) is 3.23. The van der Waals surface area contributed by atoms with Crippen molar-refractivity contribution < 1.29 is 23.7 Å². The van der Waals surface area contributed by atoms with E-state index in [2.05, 4.69) is 20.9 Å². The van der Waals surface area contributed by atoms with Gasteiger partial charge in [0.1, 0.15) is 5.75 Å². The third-order valence-corrected chi connectivity index (χ3v) is 7.17. The first-order valence-corrected chi connectivity index (χ1v) is 12.4. The number of anilines is 2. The van der Waals surface area contributed by atoms with E-state index in [4.69, 9.17) is 23.9 Å². The van der Waals surface area contributed by atoms with E-state index < -0.39 is 0 Å². The van der Waals surface area contributed by atoms with Crippen LogP contribution in [-0.4, -0.2) is 70.4 Å². The topological polar surface area (TPSA) is 86.2 Å². The van der Waals surface area contributed by atoms with Crippen molar-refractivity contribution in [2.75, 3.05) is 64.4 Å². The molecule has 1 fully saturated rings. The van der Waals surface area contributed by atoms with E-state index >= 15 is 0 Å². The second kappa shape index (κ2) is 10.5. The number of carbonyl (C=O) groups excluding carboxylic acids is 1. The molecule has 1 atom stereocenters. The molecule has 1 aromatic heterocycles. The molecule has 2 aromatic carbocycles. The van der Waals surface area contributed by atoms with Crippen molar-refractivity contribution in [3.63, 3.8) is 0 Å². The Morgan fingerprint density at radius 2 is 1.46 bits per heavy atom. The number of rotatable bonds is 7. The van der Waals surface area contributed by atoms with Gasteiger partial charge in [0.2, 0.25) is 11.7 Å². The fraction of sp³-hybridized carbons (Fsp3) is 0.393. The summed E-state index contributed by atoms with van der Waals surface area (Å²) in [6.07, 6.45) is 2.71. The van der Waals surface area contributed by atoms with Crippen molar-refractivity contribution in [2.45, 2.75) is 18.8 Å². The first kappa shape index (κ1) is 24.7. The van der Waals surface area contributed by atoms with Crippen molar-refractivity contribution in [2.24, 2.45) is 0 Å². The van der Waals surface area contributed by atoms with Crippen LogP contribution >= 0.6 is 0 Å². The van der Waals surface area contributed by atoms with Crippen LogP contribution in [0.15, 0.2) is 42.6 Å². The molecule has 0 saturated carbocycles. The van der Waals surface area contributed by atoms with Crippen LogP contribution in [0.3, 0.4) is 0 Å². The maximum absolute atomic E-state index is 13.0. The molecule has 1 saturated heterocycles. The molecule has 0 spiro atoms. The largest absolute Gasteiger partial charge is 0.495 e. The van der Waals surface area contributed by atoms with E-state index in [-0.39, 0.29) is 11.7 Å². The third kappa shape index (κ3) is 4.73. The standard InChI is InChI=1S/C28H32N4O5/c1-34-24-8-6-5-7-22(24)31-9-11-32(12-10-31)28-29-17-20-21(30-28)13-18(14-23(20)33)19-15-25(35-2)27(37-4)26(16-19)36-3/h5-8,15-18H,9-14H2,1-4H3/t18-/m1/s1. The lowest BCUT2D eigenvalue weighted by atomic mass is 9.82. The zero-order valence-electron chi connectivity index (χ0n) is 21.7. The second-order valence-electron chi connectivity index (χ2n) is 9.16. The highest BCUT2D eigenvalue weighted by Gasteiger charge is 2.31. The first-order chi connectivity index (χ1) is 18.1. The SMILES string of the molecule is COc1ccccc1N1CCN(c2ncc3c(n2)C[C@@H](c2cc(OC)c(OC)c(OC)c2)CC3=O)CC1. The number of hydrogen-bond donors (Lipinski definition) is 0. The molecule has 0 amide bonds. The smallest absolute Gasteiger partial charge is 0.225 e. The molecule has 37 heavy (non-hydrogen) atoms. The molecule has 5 rings (SSSR count). The number of benzene rings is 2. The zero-order valence-corrected chi connectivity index (χ0v) is 21.7. The number of piperazine rings is 1. The zero-order chi connectivity index (χ0) is 25.9. The number of nitrogens with zero attached hydrogens (tertiary/aromatic N) is 4. The van der Waals surface area contributed by atoms with Crippen LogP contribution in [0.1, 0.15) is 34.0 Å². The van der Waals surface area contributed by atoms with Gasteiger partial charge in [0.25, 0.3) is 0 Å². The van der Waals surface area contributed by atoms with Gasteiger partial charge in [-0.25, -0.2) is 9.97 Å². The lowest BCUT2D eigenvalue weighted by Crippen LogP contribution is -2.47. The van der Waals surface area contributed by atoms with Crippen molar-refractivity contribution in [1.29, 1.82) is 0 Å². The van der Waals surface area contributed by atoms with Crippen LogP contribution in [0, 0.1) is 0 Å². The van der Waals surface area contributed by atoms with Gasteiger partial charge in [-0.3, -0.25) is 4.79 Å². The van der Waals surface area contributed by atoms with Gasteiger partial charge in [0.05, 0.1) is 45.4 Å². The summed E-state index contributed by atoms with van der Waals surface area (Å²) in [5.41, 5.74) is 3.45. The van der Waals surface area contributed by atoms with E-state index in [1.807, 2.05) is 30.3 Å². The van der Waals surface area contributed by atoms with Crippen molar-refractivity contribution in [3.05, 3.63) is 59.4 Å². The third-order valence-electron chi connectivity index (χ3n) is 7.17. The molecule has 9 heteroatoms. The van der Waals surface area contributed by atoms with Crippen LogP contribution < -0.4 is 28.7 Å². The molecular formula is C28H32N4O5. The number of Topliss-reactive ketones (excluding diaryl/α,β-unsaturated/α-hetero) is 1. The number of para-hydroxylation sites is 2. The summed E-state index contributed by atoms with van der Waals surface area (Å²) in [5, 5.41) is 0. The van der Waals surface area contributed by atoms with Gasteiger partial charge in [-0.15, -0.1) is 0 Å². The van der Waals surface area contributed by atoms with Gasteiger partial charge < -0.3 is 28.7 Å². The van der Waals surface area contributed by atoms with Gasteiger partial charge in [-0.05, 0) is 42.2 Å². The number of hydrogen-bond acceptors (Lipinski definition) is 9. The minimum absolute atomic E-state index is 0.0427. The Morgan fingerprint density at radius 1 is 0.811 bits per heavy atom. The molecule has 0 unspecified atom stereocenters. The van der Waals surface area contributed by atoms with Gasteiger partial charge in [0, 0.05) is 38.8 Å². The van der Waals surface area contributed by atoms with Crippen LogP contribution in [0.4, 0.5) is 11.6 Å². The average Bonchev–Trinajstić information content (AvgIpc) is 2.96. The summed E-state index contributed by atoms with van der Waals surface area (Å²) in [6, 6.07) is 11.9. The van der Waals surface area contributed by atoms with Gasteiger partial charge >= 0.3 is 0 Å². The van der Waals surface area contributed by atoms with Crippen LogP contribution in [-0.2, 0) is 6.42 Å². The fourth-order valence-electron chi connectivity index (χ4n) is 5.20. The van der Waals surface area contributed by atoms with E-state index in [1.165, 1.54) is 0 Å². The summed E-state index contributed by atoms with van der Waals surface area (Å²) in [7, 11) is 6.46. The van der Waals surface area contributed by atoms with Gasteiger partial charge in [-0.1, -0.05) is 12.1 Å². The second-order valence-corrected chi connectivity index (χ2v) is 9.16. The number of carbonyl (C=O) groups is 1. The van der Waals surface area contributed by atoms with Crippen LogP contribution in [0.25, 0.3) is 0 Å². The highest BCUT2D eigenvalue weighted by molar-refractivity contribution is 5.98. The lowest BCUT2D eigenvalue weighted by molar-refractivity contribution is 0.0962. The number of ketones is 1. The first-order valence-electron chi connectivity index (χ1n) is 12.4. The summed E-state index contributed by atoms with van der Waals surface area (Å²) >= 11 is 0. The highest BCUT2D eigenvalue weighted by Crippen LogP contribution is 2.42. The summed E-state index contributed by atoms with van der Waals surface area (Å²) < 4.78 is 22.0. The molecule has 194 valence electrons. The Hall–Kier alpha value is -4.01. The van der Waals surface area contributed by atoms with Crippen LogP contribution in [0.2, 0.25) is 0 Å². The minimum atomic E-state index is -0.0427. The molecule has 2 aliphatic rings. The number of aromatic nitrogens is 2. The Morgan fingerprint density at radius 3 is 2.11 bits per heavy atom. The maximum atomic E-state index is 13.0. The Labute approximate surface area is 216 Å². The van der Waals surface area contributed by atoms with Crippen molar-refractivity contribution in [1.82, 2.24) is 9.97 Å². The Bertz CT molecular complexity index is 1260. The van der Waals surface area contributed by atoms with Crippen molar-refractivity contribution >= 4 is 17.4 Å². The van der Waals surface area contributed by atoms with E-state index in [9.17, 15) is 4.79 Å².